The van der Waals surface area contributed by atoms with E-state index in [9.17, 15) is 18.0 Å². The van der Waals surface area contributed by atoms with E-state index < -0.39 is 11.7 Å². The van der Waals surface area contributed by atoms with Gasteiger partial charge in [0.1, 0.15) is 5.75 Å². The van der Waals surface area contributed by atoms with Crippen LogP contribution in [0, 0.1) is 0 Å². The number of halogens is 3. The van der Waals surface area contributed by atoms with Crippen LogP contribution in [0.2, 0.25) is 0 Å². The summed E-state index contributed by atoms with van der Waals surface area (Å²) >= 11 is 0. The zero-order valence-electron chi connectivity index (χ0n) is 18.0. The van der Waals surface area contributed by atoms with Gasteiger partial charge in [0.05, 0.1) is 12.2 Å². The summed E-state index contributed by atoms with van der Waals surface area (Å²) < 4.78 is 43.7. The molecule has 8 heteroatoms. The Morgan fingerprint density at radius 2 is 1.74 bits per heavy atom. The van der Waals surface area contributed by atoms with E-state index in [-0.39, 0.29) is 25.2 Å². The molecular weight excluding hydrogens is 409 g/mol. The van der Waals surface area contributed by atoms with E-state index in [1.165, 1.54) is 12.1 Å². The van der Waals surface area contributed by atoms with Crippen molar-refractivity contribution < 1.29 is 27.8 Å². The van der Waals surface area contributed by atoms with E-state index in [4.69, 9.17) is 9.84 Å². The Morgan fingerprint density at radius 1 is 1.13 bits per heavy atom. The van der Waals surface area contributed by atoms with Crippen molar-refractivity contribution in [1.29, 1.82) is 0 Å². The molecule has 2 aromatic rings. The Morgan fingerprint density at radius 3 is 2.29 bits per heavy atom. The van der Waals surface area contributed by atoms with Gasteiger partial charge in [-0.25, -0.2) is 0 Å². The number of nitrogens with zero attached hydrogens (tertiary/aromatic N) is 2. The van der Waals surface area contributed by atoms with Gasteiger partial charge in [-0.1, -0.05) is 26.0 Å². The van der Waals surface area contributed by atoms with E-state index in [1.807, 2.05) is 25.8 Å². The van der Waals surface area contributed by atoms with Gasteiger partial charge in [0, 0.05) is 31.9 Å². The topological polar surface area (TPSA) is 53.0 Å². The molecule has 1 fully saturated rings. The zero-order valence-corrected chi connectivity index (χ0v) is 18.0. The first-order chi connectivity index (χ1) is 14.8. The molecule has 1 aliphatic rings. The van der Waals surface area contributed by atoms with Crippen molar-refractivity contribution in [3.8, 4) is 5.75 Å². The van der Waals surface area contributed by atoms with Gasteiger partial charge < -0.3 is 19.6 Å². The third-order valence-electron chi connectivity index (χ3n) is 5.13. The van der Waals surface area contributed by atoms with Crippen LogP contribution in [0.5, 0.6) is 5.75 Å². The van der Waals surface area contributed by atoms with Crippen molar-refractivity contribution in [3.63, 3.8) is 0 Å². The van der Waals surface area contributed by atoms with Crippen LogP contribution >= 0.6 is 0 Å². The highest BCUT2D eigenvalue weighted by Crippen LogP contribution is 2.31. The van der Waals surface area contributed by atoms with Gasteiger partial charge in [-0.05, 0) is 48.4 Å². The molecule has 1 saturated heterocycles. The number of hydrogen-bond donors (Lipinski definition) is 1. The molecule has 1 N–H and O–H groups in total. The van der Waals surface area contributed by atoms with Gasteiger partial charge >= 0.3 is 6.18 Å². The second-order valence-corrected chi connectivity index (χ2v) is 7.03. The van der Waals surface area contributed by atoms with Crippen LogP contribution in [-0.2, 0) is 17.6 Å². The van der Waals surface area contributed by atoms with E-state index in [1.54, 1.807) is 29.2 Å². The molecule has 1 amide bonds. The molecule has 0 saturated carbocycles. The summed E-state index contributed by atoms with van der Waals surface area (Å²) in [5.41, 5.74) is 0.761. The number of ether oxygens (including phenoxy) is 1. The van der Waals surface area contributed by atoms with Crippen LogP contribution in [0.4, 0.5) is 18.9 Å². The maximum absolute atomic E-state index is 12.7. The zero-order chi connectivity index (χ0) is 23.0. The summed E-state index contributed by atoms with van der Waals surface area (Å²) in [6.07, 6.45) is -3.62. The number of carbonyl (C=O) groups is 1. The number of amides is 1. The lowest BCUT2D eigenvalue weighted by Gasteiger charge is -2.27. The van der Waals surface area contributed by atoms with Gasteiger partial charge in [0.2, 0.25) is 0 Å². The monoisotopic (exact) mass is 438 g/mol. The minimum atomic E-state index is -4.36. The fourth-order valence-corrected chi connectivity index (χ4v) is 3.31. The number of hydrogen-bond acceptors (Lipinski definition) is 4. The molecule has 170 valence electrons. The van der Waals surface area contributed by atoms with E-state index in [0.29, 0.717) is 24.5 Å². The highest BCUT2D eigenvalue weighted by molar-refractivity contribution is 5.78. The van der Waals surface area contributed by atoms with Crippen LogP contribution in [0.15, 0.2) is 48.5 Å². The number of aliphatic hydroxyl groups excluding tert-OH is 1. The lowest BCUT2D eigenvalue weighted by molar-refractivity contribution is -0.137. The molecule has 2 aromatic carbocycles. The summed E-state index contributed by atoms with van der Waals surface area (Å²) in [6.45, 7) is 4.92. The largest absolute Gasteiger partial charge is 0.484 e. The number of benzene rings is 2. The van der Waals surface area contributed by atoms with E-state index >= 15 is 0 Å². The van der Waals surface area contributed by atoms with Crippen molar-refractivity contribution >= 4 is 11.6 Å². The van der Waals surface area contributed by atoms with Crippen LogP contribution < -0.4 is 9.64 Å². The number of carbonyl (C=O) groups excluding carboxylic acids is 1. The minimum absolute atomic E-state index is 0.0273. The average molecular weight is 438 g/mol. The molecule has 1 aliphatic heterocycles. The van der Waals surface area contributed by atoms with Crippen LogP contribution in [0.3, 0.4) is 0 Å². The first kappa shape index (κ1) is 24.5. The Bertz CT molecular complexity index is 823. The van der Waals surface area contributed by atoms with Gasteiger partial charge in [-0.3, -0.25) is 4.79 Å². The quantitative estimate of drug-likeness (QED) is 0.729. The first-order valence-electron chi connectivity index (χ1n) is 10.3. The molecule has 1 atom stereocenters. The van der Waals surface area contributed by atoms with E-state index in [2.05, 4.69) is 0 Å². The average Bonchev–Trinajstić information content (AvgIpc) is 3.28. The van der Waals surface area contributed by atoms with Gasteiger partial charge in [-0.2, -0.15) is 13.2 Å². The van der Waals surface area contributed by atoms with Crippen LogP contribution in [0.1, 0.15) is 31.4 Å². The van der Waals surface area contributed by atoms with Gasteiger partial charge in [0.15, 0.2) is 6.61 Å². The molecule has 1 heterocycles. The molecule has 1 unspecified atom stereocenters. The van der Waals surface area contributed by atoms with Crippen LogP contribution in [0.25, 0.3) is 0 Å². The highest BCUT2D eigenvalue weighted by atomic mass is 19.4. The smallest absolute Gasteiger partial charge is 0.416 e. The number of likely N-dealkylation sites (tertiary alicyclic amines) is 1. The fourth-order valence-electron chi connectivity index (χ4n) is 3.31. The molecule has 0 radical (unpaired) electrons. The standard InChI is InChI=1S/C21H23F3N2O3.C2H6/c1-25(17-6-4-16(5-7-17)21(22,23)24)18-10-11-26(12-18)20(28)14-29-19-8-2-15(13-27)3-9-19;1-2/h2-9,18,27H,10-14H2,1H3;1-2H3. The molecule has 31 heavy (non-hydrogen) atoms. The SMILES string of the molecule is CC.CN(c1ccc(C(F)(F)F)cc1)C1CCN(C(=O)COc2ccc(CO)cc2)C1. The molecule has 5 nitrogen and oxygen atoms in total. The van der Waals surface area contributed by atoms with Gasteiger partial charge in [-0.15, -0.1) is 0 Å². The third kappa shape index (κ3) is 6.62. The molecule has 0 aromatic heterocycles. The highest BCUT2D eigenvalue weighted by Gasteiger charge is 2.32. The number of likely N-dealkylation sites (N-methyl/N-ethyl adjacent to an activating group) is 1. The van der Waals surface area contributed by atoms with Crippen molar-refractivity contribution in [2.75, 3.05) is 31.6 Å². The Kier molecular flexibility index (Phi) is 8.74. The number of rotatable bonds is 6. The minimum Gasteiger partial charge on any atom is -0.484 e. The van der Waals surface area contributed by atoms with Crippen molar-refractivity contribution in [1.82, 2.24) is 4.90 Å². The number of alkyl halides is 3. The predicted molar refractivity (Wildman–Crippen MR) is 114 cm³/mol. The van der Waals surface area contributed by atoms with Gasteiger partial charge in [0.25, 0.3) is 5.91 Å². The van der Waals surface area contributed by atoms with Crippen molar-refractivity contribution in [2.45, 2.75) is 39.1 Å². The molecule has 0 spiro atoms. The first-order valence-corrected chi connectivity index (χ1v) is 10.3. The summed E-state index contributed by atoms with van der Waals surface area (Å²) in [5, 5.41) is 9.04. The fraction of sp³-hybridized carbons (Fsp3) is 0.435. The predicted octanol–water partition coefficient (Wildman–Crippen LogP) is 4.34. The van der Waals surface area contributed by atoms with E-state index in [0.717, 1.165) is 24.1 Å². The normalized spacial score (nSPS) is 15.8. The second-order valence-electron chi connectivity index (χ2n) is 7.03. The van der Waals surface area contributed by atoms with Crippen LogP contribution in [-0.4, -0.2) is 48.7 Å². The third-order valence-corrected chi connectivity index (χ3v) is 5.13. The molecule has 0 aliphatic carbocycles. The van der Waals surface area contributed by atoms with Crippen molar-refractivity contribution in [2.24, 2.45) is 0 Å². The molecule has 3 rings (SSSR count). The summed E-state index contributed by atoms with van der Waals surface area (Å²) in [7, 11) is 1.82. The maximum Gasteiger partial charge on any atom is 0.416 e. The Hall–Kier alpha value is -2.74. The lowest BCUT2D eigenvalue weighted by atomic mass is 10.1. The second kappa shape index (κ2) is 11.0. The molecular formula is C23H29F3N2O3. The number of aliphatic hydroxyl groups is 1. The Labute approximate surface area is 181 Å². The summed E-state index contributed by atoms with van der Waals surface area (Å²) in [6, 6.07) is 11.9. The van der Waals surface area contributed by atoms with Crippen molar-refractivity contribution in [3.05, 3.63) is 59.7 Å². The summed E-state index contributed by atoms with van der Waals surface area (Å²) in [4.78, 5) is 16.0. The summed E-state index contributed by atoms with van der Waals surface area (Å²) in [5.74, 6) is 0.410. The molecule has 0 bridgehead atoms. The maximum atomic E-state index is 12.7. The Balaban J connectivity index is 0.00000166. The lowest BCUT2D eigenvalue weighted by Crippen LogP contribution is -2.38. The number of anilines is 1.